The van der Waals surface area contributed by atoms with Crippen molar-refractivity contribution in [3.05, 3.63) is 39.0 Å². The average Bonchev–Trinajstić information content (AvgIpc) is 3.19. The van der Waals surface area contributed by atoms with Gasteiger partial charge in [0.05, 0.1) is 11.1 Å². The number of hydrogen-bond acceptors (Lipinski definition) is 6. The molecule has 26 heavy (non-hydrogen) atoms. The molecule has 7 nitrogen and oxygen atoms in total. The van der Waals surface area contributed by atoms with Gasteiger partial charge in [0.2, 0.25) is 5.43 Å². The van der Waals surface area contributed by atoms with Crippen molar-refractivity contribution in [1.82, 2.24) is 8.94 Å². The molecule has 0 saturated carbocycles. The fourth-order valence-corrected chi connectivity index (χ4v) is 4.72. The molecule has 0 amide bonds. The van der Waals surface area contributed by atoms with E-state index in [0.717, 1.165) is 18.0 Å². The van der Waals surface area contributed by atoms with Crippen molar-refractivity contribution in [2.45, 2.75) is 12.5 Å². The SMILES string of the molecule is C=C1COc2c(N3CCC(N)C3)c(F)cc3c(=O)c4c(=O)[nH]sc4n1c23. The van der Waals surface area contributed by atoms with Gasteiger partial charge in [0.1, 0.15) is 28.0 Å². The molecule has 9 heteroatoms. The second kappa shape index (κ2) is 5.18. The number of hydrogen-bond donors (Lipinski definition) is 2. The summed E-state index contributed by atoms with van der Waals surface area (Å²) in [6.45, 7) is 5.26. The van der Waals surface area contributed by atoms with E-state index in [0.29, 0.717) is 40.6 Å². The van der Waals surface area contributed by atoms with Gasteiger partial charge in [-0.25, -0.2) is 4.39 Å². The number of nitrogens with one attached hydrogen (secondary N) is 1. The first kappa shape index (κ1) is 15.6. The topological polar surface area (TPSA) is 93.3 Å². The second-order valence-electron chi connectivity index (χ2n) is 6.66. The summed E-state index contributed by atoms with van der Waals surface area (Å²) in [5.41, 5.74) is 6.34. The molecule has 2 aromatic heterocycles. The summed E-state index contributed by atoms with van der Waals surface area (Å²) in [6, 6.07) is 1.16. The van der Waals surface area contributed by atoms with Crippen LogP contribution in [0.1, 0.15) is 6.42 Å². The number of fused-ring (bicyclic) bond motifs is 2. The van der Waals surface area contributed by atoms with Crippen LogP contribution in [0.5, 0.6) is 5.75 Å². The van der Waals surface area contributed by atoms with Crippen LogP contribution in [0.4, 0.5) is 10.1 Å². The Morgan fingerprint density at radius 1 is 1.42 bits per heavy atom. The second-order valence-corrected chi connectivity index (χ2v) is 7.45. The van der Waals surface area contributed by atoms with Crippen LogP contribution in [0.15, 0.2) is 22.2 Å². The molecule has 1 atom stereocenters. The van der Waals surface area contributed by atoms with E-state index in [1.165, 1.54) is 6.07 Å². The molecule has 5 rings (SSSR count). The van der Waals surface area contributed by atoms with E-state index in [-0.39, 0.29) is 23.4 Å². The first-order valence-corrected chi connectivity index (χ1v) is 9.03. The zero-order chi connectivity index (χ0) is 18.2. The van der Waals surface area contributed by atoms with E-state index in [4.69, 9.17) is 10.5 Å². The van der Waals surface area contributed by atoms with Gasteiger partial charge in [0.25, 0.3) is 5.56 Å². The molecule has 1 aromatic carbocycles. The van der Waals surface area contributed by atoms with Crippen molar-refractivity contribution < 1.29 is 9.13 Å². The highest BCUT2D eigenvalue weighted by molar-refractivity contribution is 7.12. The zero-order valence-corrected chi connectivity index (χ0v) is 14.5. The molecule has 0 radical (unpaired) electrons. The minimum absolute atomic E-state index is 0.0202. The quantitative estimate of drug-likeness (QED) is 0.672. The van der Waals surface area contributed by atoms with Crippen LogP contribution >= 0.6 is 11.5 Å². The molecule has 0 spiro atoms. The van der Waals surface area contributed by atoms with Crippen LogP contribution < -0.4 is 26.4 Å². The Bertz CT molecular complexity index is 1220. The minimum atomic E-state index is -0.552. The van der Waals surface area contributed by atoms with Gasteiger partial charge in [0, 0.05) is 19.1 Å². The molecule has 1 fully saturated rings. The van der Waals surface area contributed by atoms with E-state index in [9.17, 15) is 14.0 Å². The molecular formula is C17H15FN4O3S. The Morgan fingerprint density at radius 2 is 2.23 bits per heavy atom. The first-order valence-electron chi connectivity index (χ1n) is 8.21. The van der Waals surface area contributed by atoms with Gasteiger partial charge >= 0.3 is 0 Å². The molecule has 2 aliphatic heterocycles. The van der Waals surface area contributed by atoms with Crippen LogP contribution in [0.25, 0.3) is 26.8 Å². The maximum atomic E-state index is 15.0. The molecule has 1 saturated heterocycles. The predicted octanol–water partition coefficient (Wildman–Crippen LogP) is 1.44. The van der Waals surface area contributed by atoms with Gasteiger partial charge in [-0.15, -0.1) is 0 Å². The monoisotopic (exact) mass is 374 g/mol. The maximum absolute atomic E-state index is 15.0. The lowest BCUT2D eigenvalue weighted by Crippen LogP contribution is -2.29. The number of H-pyrrole nitrogens is 1. The van der Waals surface area contributed by atoms with E-state index in [1.807, 2.05) is 4.90 Å². The van der Waals surface area contributed by atoms with Crippen molar-refractivity contribution >= 4 is 44.0 Å². The lowest BCUT2D eigenvalue weighted by Gasteiger charge is -2.28. The molecule has 0 bridgehead atoms. The summed E-state index contributed by atoms with van der Waals surface area (Å²) in [5, 5.41) is 0.133. The smallest absolute Gasteiger partial charge is 0.271 e. The highest BCUT2D eigenvalue weighted by Gasteiger charge is 2.32. The number of rotatable bonds is 1. The Kier molecular flexibility index (Phi) is 3.11. The van der Waals surface area contributed by atoms with Crippen LogP contribution in [0.3, 0.4) is 0 Å². The summed E-state index contributed by atoms with van der Waals surface area (Å²) in [7, 11) is 0. The Hall–Kier alpha value is -2.65. The number of anilines is 1. The van der Waals surface area contributed by atoms with Gasteiger partial charge in [-0.1, -0.05) is 6.58 Å². The number of aromatic nitrogens is 2. The predicted molar refractivity (Wildman–Crippen MR) is 99.8 cm³/mol. The first-order chi connectivity index (χ1) is 12.5. The van der Waals surface area contributed by atoms with Gasteiger partial charge in [-0.3, -0.25) is 18.5 Å². The van der Waals surface area contributed by atoms with Crippen molar-refractivity contribution in [3.8, 4) is 5.75 Å². The molecule has 2 aliphatic rings. The van der Waals surface area contributed by atoms with Crippen LogP contribution in [-0.2, 0) is 0 Å². The van der Waals surface area contributed by atoms with Gasteiger partial charge in [0.15, 0.2) is 11.6 Å². The summed E-state index contributed by atoms with van der Waals surface area (Å²) in [4.78, 5) is 27.2. The summed E-state index contributed by atoms with van der Waals surface area (Å²) in [5.74, 6) is -0.245. The van der Waals surface area contributed by atoms with E-state index >= 15 is 0 Å². The van der Waals surface area contributed by atoms with E-state index in [2.05, 4.69) is 11.0 Å². The van der Waals surface area contributed by atoms with Crippen molar-refractivity contribution in [2.24, 2.45) is 5.73 Å². The van der Waals surface area contributed by atoms with Gasteiger partial charge in [-0.2, -0.15) is 0 Å². The summed E-state index contributed by atoms with van der Waals surface area (Å²) < 4.78 is 25.1. The van der Waals surface area contributed by atoms with E-state index < -0.39 is 16.8 Å². The molecule has 134 valence electrons. The summed E-state index contributed by atoms with van der Waals surface area (Å²) in [6.07, 6.45) is 0.759. The van der Waals surface area contributed by atoms with Crippen molar-refractivity contribution in [3.63, 3.8) is 0 Å². The third-order valence-corrected chi connectivity index (χ3v) is 5.87. The number of nitrogens with two attached hydrogens (primary N) is 1. The highest BCUT2D eigenvalue weighted by atomic mass is 32.1. The van der Waals surface area contributed by atoms with Gasteiger partial charge < -0.3 is 15.4 Å². The molecule has 0 aliphatic carbocycles. The van der Waals surface area contributed by atoms with Crippen molar-refractivity contribution in [1.29, 1.82) is 0 Å². The van der Waals surface area contributed by atoms with Crippen molar-refractivity contribution in [2.75, 3.05) is 24.6 Å². The minimum Gasteiger partial charge on any atom is -0.483 e. The lowest BCUT2D eigenvalue weighted by atomic mass is 10.1. The Balaban J connectivity index is 1.97. The molecular weight excluding hydrogens is 359 g/mol. The maximum Gasteiger partial charge on any atom is 0.271 e. The molecule has 1 unspecified atom stereocenters. The molecule has 3 N–H and O–H groups in total. The normalized spacial score (nSPS) is 19.5. The number of aromatic amines is 1. The number of pyridine rings is 1. The number of halogens is 1. The standard InChI is InChI=1S/C17H15FN4O3S/c1-7-6-25-15-12-9(4-10(18)13(15)21-3-2-8(19)5-21)14(23)11-16(24)20-26-17(11)22(7)12/h4,8H,1-3,5-6,19H2,(H,20,24). The molecule has 4 heterocycles. The number of ether oxygens (including phenoxy) is 1. The fraction of sp³-hybridized carbons (Fsp3) is 0.294. The third-order valence-electron chi connectivity index (χ3n) is 5.00. The number of nitrogens with zero attached hydrogens (tertiary/aromatic N) is 2. The number of benzene rings is 1. The molecule has 3 aromatic rings. The highest BCUT2D eigenvalue weighted by Crippen LogP contribution is 2.43. The average molecular weight is 374 g/mol. The summed E-state index contributed by atoms with van der Waals surface area (Å²) >= 11 is 1.06. The third kappa shape index (κ3) is 1.89. The zero-order valence-electron chi connectivity index (χ0n) is 13.7. The lowest BCUT2D eigenvalue weighted by molar-refractivity contribution is 0.358. The Labute approximate surface area is 150 Å². The van der Waals surface area contributed by atoms with Crippen LogP contribution in [0, 0.1) is 5.82 Å². The fourth-order valence-electron chi connectivity index (χ4n) is 3.83. The Morgan fingerprint density at radius 3 is 2.96 bits per heavy atom. The largest absolute Gasteiger partial charge is 0.483 e. The van der Waals surface area contributed by atoms with Gasteiger partial charge in [-0.05, 0) is 24.0 Å². The van der Waals surface area contributed by atoms with Crippen LogP contribution in [0.2, 0.25) is 0 Å². The van der Waals surface area contributed by atoms with E-state index in [1.54, 1.807) is 4.57 Å². The van der Waals surface area contributed by atoms with Crippen LogP contribution in [-0.4, -0.2) is 34.7 Å².